The van der Waals surface area contributed by atoms with Gasteiger partial charge in [0.2, 0.25) is 0 Å². The number of hydrogen-bond donors (Lipinski definition) is 1. The average Bonchev–Trinajstić information content (AvgIpc) is 3.27. The van der Waals surface area contributed by atoms with Crippen molar-refractivity contribution in [2.45, 2.75) is 25.8 Å². The molecule has 1 saturated carbocycles. The molecule has 1 aliphatic rings. The number of hydrogen-bond acceptors (Lipinski definition) is 4. The maximum Gasteiger partial charge on any atom is 0.343 e. The fraction of sp³-hybridized carbons (Fsp3) is 0.333. The summed E-state index contributed by atoms with van der Waals surface area (Å²) in [7, 11) is 0. The molecule has 0 atom stereocenters. The van der Waals surface area contributed by atoms with Crippen molar-refractivity contribution >= 4 is 33.9 Å². The standard InChI is InChI=1S/C15H14BrF2NO3/c1-2-22-15(21)10(7-19-8-3-4-8)14(20)9-5-13(18)11(16)6-12(9)17/h5-8,20H,2-4H2,1H3/b14-10-,19-7?. The quantitative estimate of drug-likeness (QED) is 0.281. The molecule has 0 aliphatic heterocycles. The van der Waals surface area contributed by atoms with Gasteiger partial charge in [0.05, 0.1) is 22.7 Å². The minimum Gasteiger partial charge on any atom is -0.506 e. The van der Waals surface area contributed by atoms with Crippen LogP contribution in [-0.2, 0) is 9.53 Å². The van der Waals surface area contributed by atoms with Crippen molar-refractivity contribution in [2.24, 2.45) is 4.99 Å². The highest BCUT2D eigenvalue weighted by Gasteiger charge is 2.23. The van der Waals surface area contributed by atoms with E-state index in [2.05, 4.69) is 20.9 Å². The summed E-state index contributed by atoms with van der Waals surface area (Å²) in [4.78, 5) is 16.0. The van der Waals surface area contributed by atoms with Gasteiger partial charge in [0.25, 0.3) is 0 Å². The lowest BCUT2D eigenvalue weighted by atomic mass is 10.1. The molecule has 7 heteroatoms. The van der Waals surface area contributed by atoms with E-state index in [9.17, 15) is 18.7 Å². The maximum atomic E-state index is 13.9. The van der Waals surface area contributed by atoms with E-state index in [1.807, 2.05) is 0 Å². The van der Waals surface area contributed by atoms with E-state index in [-0.39, 0.29) is 22.7 Å². The Morgan fingerprint density at radius 1 is 1.45 bits per heavy atom. The van der Waals surface area contributed by atoms with Crippen LogP contribution >= 0.6 is 15.9 Å². The first kappa shape index (κ1) is 16.6. The SMILES string of the molecule is CCOC(=O)/C(C=NC1CC1)=C(\O)c1cc(F)c(Br)cc1F. The highest BCUT2D eigenvalue weighted by Crippen LogP contribution is 2.27. The highest BCUT2D eigenvalue weighted by atomic mass is 79.9. The number of aliphatic hydroxyl groups excluding tert-OH is 1. The third-order valence-corrected chi connectivity index (χ3v) is 3.58. The molecule has 1 N–H and O–H groups in total. The largest absolute Gasteiger partial charge is 0.506 e. The molecule has 2 rings (SSSR count). The molecule has 4 nitrogen and oxygen atoms in total. The molecule has 0 heterocycles. The first-order chi connectivity index (χ1) is 10.4. The van der Waals surface area contributed by atoms with Gasteiger partial charge in [-0.1, -0.05) is 0 Å². The topological polar surface area (TPSA) is 58.9 Å². The molecule has 0 bridgehead atoms. The predicted octanol–water partition coefficient (Wildman–Crippen LogP) is 3.79. The number of halogens is 3. The van der Waals surface area contributed by atoms with Crippen LogP contribution in [0.5, 0.6) is 0 Å². The molecule has 1 aromatic carbocycles. The van der Waals surface area contributed by atoms with Crippen molar-refractivity contribution in [3.63, 3.8) is 0 Å². The van der Waals surface area contributed by atoms with Crippen molar-refractivity contribution < 1.29 is 23.4 Å². The summed E-state index contributed by atoms with van der Waals surface area (Å²) in [5.41, 5.74) is -0.722. The second-order valence-electron chi connectivity index (χ2n) is 4.74. The summed E-state index contributed by atoms with van der Waals surface area (Å²) in [6.45, 7) is 1.69. The van der Waals surface area contributed by atoms with Crippen LogP contribution < -0.4 is 0 Å². The zero-order valence-electron chi connectivity index (χ0n) is 11.8. The molecular formula is C15H14BrF2NO3. The molecule has 0 saturated heterocycles. The Bertz CT molecular complexity index is 654. The van der Waals surface area contributed by atoms with Crippen LogP contribution in [0.1, 0.15) is 25.3 Å². The third kappa shape index (κ3) is 3.91. The van der Waals surface area contributed by atoms with E-state index in [0.717, 1.165) is 31.2 Å². The molecule has 1 fully saturated rings. The first-order valence-electron chi connectivity index (χ1n) is 6.72. The van der Waals surface area contributed by atoms with Crippen LogP contribution in [0, 0.1) is 11.6 Å². The number of carbonyl (C=O) groups excluding carboxylic acids is 1. The Morgan fingerprint density at radius 3 is 2.73 bits per heavy atom. The molecule has 1 aliphatic carbocycles. The van der Waals surface area contributed by atoms with Gasteiger partial charge >= 0.3 is 5.97 Å². The lowest BCUT2D eigenvalue weighted by Gasteiger charge is -2.08. The number of benzene rings is 1. The highest BCUT2D eigenvalue weighted by molar-refractivity contribution is 9.10. The second-order valence-corrected chi connectivity index (χ2v) is 5.59. The molecule has 0 aromatic heterocycles. The summed E-state index contributed by atoms with van der Waals surface area (Å²) in [6, 6.07) is 1.78. The van der Waals surface area contributed by atoms with Crippen LogP contribution in [0.4, 0.5) is 8.78 Å². The van der Waals surface area contributed by atoms with Gasteiger partial charge < -0.3 is 9.84 Å². The summed E-state index contributed by atoms with van der Waals surface area (Å²) < 4.78 is 32.2. The van der Waals surface area contributed by atoms with Crippen molar-refractivity contribution in [3.8, 4) is 0 Å². The normalized spacial score (nSPS) is 15.8. The fourth-order valence-electron chi connectivity index (χ4n) is 1.67. The molecule has 0 spiro atoms. The van der Waals surface area contributed by atoms with Gasteiger partial charge in [-0.05, 0) is 47.8 Å². The number of ether oxygens (including phenoxy) is 1. The minimum absolute atomic E-state index is 0.0779. The van der Waals surface area contributed by atoms with E-state index in [4.69, 9.17) is 4.74 Å². The first-order valence-corrected chi connectivity index (χ1v) is 7.51. The molecule has 22 heavy (non-hydrogen) atoms. The van der Waals surface area contributed by atoms with E-state index < -0.39 is 28.9 Å². The predicted molar refractivity (Wildman–Crippen MR) is 81.8 cm³/mol. The van der Waals surface area contributed by atoms with E-state index in [1.54, 1.807) is 6.92 Å². The molecule has 1 aromatic rings. The van der Waals surface area contributed by atoms with Crippen molar-refractivity contribution in [3.05, 3.63) is 39.4 Å². The summed E-state index contributed by atoms with van der Waals surface area (Å²) in [5, 5.41) is 10.2. The average molecular weight is 374 g/mol. The lowest BCUT2D eigenvalue weighted by Crippen LogP contribution is -2.12. The van der Waals surface area contributed by atoms with Gasteiger partial charge in [-0.25, -0.2) is 13.6 Å². The number of aliphatic hydroxyl groups is 1. The minimum atomic E-state index is -0.868. The molecule has 0 amide bonds. The fourth-order valence-corrected chi connectivity index (χ4v) is 1.99. The second kappa shape index (κ2) is 7.00. The Hall–Kier alpha value is -1.76. The number of carbonyl (C=O) groups is 1. The van der Waals surface area contributed by atoms with E-state index in [1.165, 1.54) is 0 Å². The van der Waals surface area contributed by atoms with Gasteiger partial charge in [-0.2, -0.15) is 0 Å². The molecular weight excluding hydrogens is 360 g/mol. The molecule has 0 unspecified atom stereocenters. The Morgan fingerprint density at radius 2 is 2.14 bits per heavy atom. The van der Waals surface area contributed by atoms with Crippen LogP contribution in [0.3, 0.4) is 0 Å². The number of esters is 1. The van der Waals surface area contributed by atoms with Crippen molar-refractivity contribution in [2.75, 3.05) is 6.61 Å². The van der Waals surface area contributed by atoms with Gasteiger partial charge in [-0.15, -0.1) is 0 Å². The Labute approximate surface area is 134 Å². The van der Waals surface area contributed by atoms with E-state index >= 15 is 0 Å². The number of nitrogens with zero attached hydrogens (tertiary/aromatic N) is 1. The van der Waals surface area contributed by atoms with Crippen molar-refractivity contribution in [1.29, 1.82) is 0 Å². The third-order valence-electron chi connectivity index (χ3n) is 2.98. The molecule has 0 radical (unpaired) electrons. The summed E-state index contributed by atoms with van der Waals surface area (Å²) in [5.74, 6) is -3.17. The Balaban J connectivity index is 2.47. The van der Waals surface area contributed by atoms with Gasteiger partial charge in [0.1, 0.15) is 23.0 Å². The van der Waals surface area contributed by atoms with Gasteiger partial charge in [0, 0.05) is 6.21 Å². The maximum absolute atomic E-state index is 13.9. The lowest BCUT2D eigenvalue weighted by molar-refractivity contribution is -0.137. The van der Waals surface area contributed by atoms with Crippen LogP contribution in [0.25, 0.3) is 5.76 Å². The Kier molecular flexibility index (Phi) is 5.28. The summed E-state index contributed by atoms with van der Waals surface area (Å²) >= 11 is 2.85. The zero-order valence-corrected chi connectivity index (χ0v) is 13.4. The monoisotopic (exact) mass is 373 g/mol. The summed E-state index contributed by atoms with van der Waals surface area (Å²) in [6.07, 6.45) is 2.95. The van der Waals surface area contributed by atoms with Gasteiger partial charge in [0.15, 0.2) is 0 Å². The van der Waals surface area contributed by atoms with Crippen LogP contribution in [-0.4, -0.2) is 29.9 Å². The van der Waals surface area contributed by atoms with Crippen molar-refractivity contribution in [1.82, 2.24) is 0 Å². The number of rotatable bonds is 5. The number of aliphatic imine (C=N–C) groups is 1. The smallest absolute Gasteiger partial charge is 0.343 e. The van der Waals surface area contributed by atoms with E-state index in [0.29, 0.717) is 0 Å². The van der Waals surface area contributed by atoms with Crippen LogP contribution in [0.15, 0.2) is 27.2 Å². The van der Waals surface area contributed by atoms with Gasteiger partial charge in [-0.3, -0.25) is 4.99 Å². The molecule has 118 valence electrons. The van der Waals surface area contributed by atoms with Crippen LogP contribution in [0.2, 0.25) is 0 Å². The zero-order chi connectivity index (χ0) is 16.3.